The summed E-state index contributed by atoms with van der Waals surface area (Å²) >= 11 is 0. The Hall–Kier alpha value is -0.860. The summed E-state index contributed by atoms with van der Waals surface area (Å²) in [6.45, 7) is 6.30. The fraction of sp³-hybridized carbons (Fsp3) is 0.800. The summed E-state index contributed by atoms with van der Waals surface area (Å²) in [6, 6.07) is 0. The number of carbonyl (C=O) groups excluding carboxylic acids is 2. The lowest BCUT2D eigenvalue weighted by molar-refractivity contribution is -0.153. The van der Waals surface area contributed by atoms with Crippen molar-refractivity contribution >= 4 is 11.9 Å². The monoisotopic (exact) mass is 182 g/mol. The Morgan fingerprint density at radius 1 is 1.23 bits per heavy atom. The predicted molar refractivity (Wildman–Crippen MR) is 45.6 cm³/mol. The van der Waals surface area contributed by atoms with Crippen molar-refractivity contribution in [1.29, 1.82) is 0 Å². The molecule has 0 aromatic heterocycles. The molecule has 0 N–H and O–H groups in total. The molecule has 3 heteroatoms. The second-order valence-corrected chi connectivity index (χ2v) is 5.08. The zero-order chi connectivity index (χ0) is 9.80. The summed E-state index contributed by atoms with van der Waals surface area (Å²) in [5.41, 5.74) is 0.102. The molecule has 1 aliphatic carbocycles. The van der Waals surface area contributed by atoms with Crippen LogP contribution in [0.5, 0.6) is 0 Å². The molecule has 2 fully saturated rings. The van der Waals surface area contributed by atoms with Crippen molar-refractivity contribution in [3.8, 4) is 0 Å². The van der Waals surface area contributed by atoms with Crippen LogP contribution in [0.15, 0.2) is 0 Å². The molecule has 2 aliphatic rings. The van der Waals surface area contributed by atoms with E-state index in [4.69, 9.17) is 0 Å². The van der Waals surface area contributed by atoms with E-state index >= 15 is 0 Å². The minimum atomic E-state index is -0.310. The van der Waals surface area contributed by atoms with E-state index in [-0.39, 0.29) is 29.2 Å². The van der Waals surface area contributed by atoms with E-state index in [1.165, 1.54) is 0 Å². The smallest absolute Gasteiger partial charge is 0.317 e. The van der Waals surface area contributed by atoms with Gasteiger partial charge in [0, 0.05) is 0 Å². The largest absolute Gasteiger partial charge is 0.393 e. The van der Waals surface area contributed by atoms with E-state index < -0.39 is 0 Å². The van der Waals surface area contributed by atoms with E-state index in [0.717, 1.165) is 6.42 Å². The van der Waals surface area contributed by atoms with Gasteiger partial charge >= 0.3 is 11.9 Å². The van der Waals surface area contributed by atoms with Crippen LogP contribution in [0.1, 0.15) is 27.2 Å². The highest BCUT2D eigenvalue weighted by Gasteiger charge is 2.59. The third-order valence-electron chi connectivity index (χ3n) is 3.26. The van der Waals surface area contributed by atoms with Crippen molar-refractivity contribution in [2.45, 2.75) is 27.2 Å². The Bertz CT molecular complexity index is 274. The van der Waals surface area contributed by atoms with Gasteiger partial charge in [0.1, 0.15) is 0 Å². The summed E-state index contributed by atoms with van der Waals surface area (Å²) in [4.78, 5) is 22.3. The number of esters is 2. The van der Waals surface area contributed by atoms with Gasteiger partial charge in [0.25, 0.3) is 0 Å². The molecule has 1 aliphatic heterocycles. The SMILES string of the molecule is CC(C)(C)C1CC2C(=O)OC(=O)C21. The number of rotatable bonds is 0. The van der Waals surface area contributed by atoms with Crippen molar-refractivity contribution in [2.75, 3.05) is 0 Å². The van der Waals surface area contributed by atoms with Crippen LogP contribution in [-0.4, -0.2) is 11.9 Å². The average Bonchev–Trinajstić information content (AvgIpc) is 1.95. The molecule has 0 radical (unpaired) electrons. The molecule has 1 saturated carbocycles. The van der Waals surface area contributed by atoms with Crippen LogP contribution < -0.4 is 0 Å². The molecule has 1 heterocycles. The first-order chi connectivity index (χ1) is 5.91. The average molecular weight is 182 g/mol. The first-order valence-electron chi connectivity index (χ1n) is 4.67. The maximum absolute atomic E-state index is 11.3. The molecule has 3 atom stereocenters. The van der Waals surface area contributed by atoms with Gasteiger partial charge in [0.2, 0.25) is 0 Å². The Balaban J connectivity index is 2.17. The number of ether oxygens (including phenoxy) is 1. The highest BCUT2D eigenvalue weighted by Crippen LogP contribution is 2.53. The first-order valence-corrected chi connectivity index (χ1v) is 4.67. The van der Waals surface area contributed by atoms with Gasteiger partial charge in [0.15, 0.2) is 0 Å². The lowest BCUT2D eigenvalue weighted by Crippen LogP contribution is -2.45. The molecule has 1 saturated heterocycles. The quantitative estimate of drug-likeness (QED) is 0.419. The van der Waals surface area contributed by atoms with E-state index in [1.54, 1.807) is 0 Å². The van der Waals surface area contributed by atoms with Crippen LogP contribution in [0.4, 0.5) is 0 Å². The summed E-state index contributed by atoms with van der Waals surface area (Å²) in [6.07, 6.45) is 0.818. The normalized spacial score (nSPS) is 38.2. The maximum atomic E-state index is 11.3. The second-order valence-electron chi connectivity index (χ2n) is 5.08. The highest BCUT2D eigenvalue weighted by atomic mass is 16.6. The Labute approximate surface area is 77.4 Å². The number of fused-ring (bicyclic) bond motifs is 1. The predicted octanol–water partition coefficient (Wildman–Crippen LogP) is 1.37. The van der Waals surface area contributed by atoms with Gasteiger partial charge in [-0.3, -0.25) is 9.59 Å². The van der Waals surface area contributed by atoms with Gasteiger partial charge in [-0.1, -0.05) is 20.8 Å². The Kier molecular flexibility index (Phi) is 1.57. The molecular formula is C10H14O3. The molecule has 0 amide bonds. The molecule has 0 aromatic carbocycles. The molecule has 0 bridgehead atoms. The fourth-order valence-corrected chi connectivity index (χ4v) is 2.36. The van der Waals surface area contributed by atoms with Crippen LogP contribution in [0.3, 0.4) is 0 Å². The Morgan fingerprint density at radius 3 is 2.31 bits per heavy atom. The zero-order valence-corrected chi connectivity index (χ0v) is 8.16. The summed E-state index contributed by atoms with van der Waals surface area (Å²) in [5, 5.41) is 0. The number of hydrogen-bond acceptors (Lipinski definition) is 3. The van der Waals surface area contributed by atoms with Gasteiger partial charge in [-0.25, -0.2) is 0 Å². The molecule has 72 valence electrons. The van der Waals surface area contributed by atoms with Crippen LogP contribution in [0.2, 0.25) is 0 Å². The standard InChI is InChI=1S/C10H14O3/c1-10(2,3)6-4-5-7(6)9(12)13-8(5)11/h5-7H,4H2,1-3H3. The van der Waals surface area contributed by atoms with Crippen LogP contribution in [0, 0.1) is 23.2 Å². The van der Waals surface area contributed by atoms with Gasteiger partial charge in [-0.2, -0.15) is 0 Å². The number of cyclic esters (lactones) is 2. The van der Waals surface area contributed by atoms with Crippen LogP contribution in [0.25, 0.3) is 0 Å². The Morgan fingerprint density at radius 2 is 1.85 bits per heavy atom. The van der Waals surface area contributed by atoms with Crippen molar-refractivity contribution in [3.63, 3.8) is 0 Å². The van der Waals surface area contributed by atoms with Gasteiger partial charge < -0.3 is 4.74 Å². The minimum Gasteiger partial charge on any atom is -0.393 e. The highest BCUT2D eigenvalue weighted by molar-refractivity contribution is 5.98. The van der Waals surface area contributed by atoms with E-state index in [2.05, 4.69) is 25.5 Å². The molecule has 3 unspecified atom stereocenters. The topological polar surface area (TPSA) is 43.4 Å². The van der Waals surface area contributed by atoms with Crippen molar-refractivity contribution < 1.29 is 14.3 Å². The third-order valence-corrected chi connectivity index (χ3v) is 3.26. The van der Waals surface area contributed by atoms with Crippen molar-refractivity contribution in [2.24, 2.45) is 23.2 Å². The number of hydrogen-bond donors (Lipinski definition) is 0. The fourth-order valence-electron chi connectivity index (χ4n) is 2.36. The molecular weight excluding hydrogens is 168 g/mol. The lowest BCUT2D eigenvalue weighted by atomic mass is 9.57. The van der Waals surface area contributed by atoms with Gasteiger partial charge in [-0.05, 0) is 17.8 Å². The second kappa shape index (κ2) is 2.34. The van der Waals surface area contributed by atoms with E-state index in [1.807, 2.05) is 0 Å². The molecule has 0 spiro atoms. The first kappa shape index (κ1) is 8.73. The van der Waals surface area contributed by atoms with Gasteiger partial charge in [-0.15, -0.1) is 0 Å². The number of carbonyl (C=O) groups is 2. The van der Waals surface area contributed by atoms with E-state index in [9.17, 15) is 9.59 Å². The molecule has 2 rings (SSSR count). The van der Waals surface area contributed by atoms with Crippen molar-refractivity contribution in [1.82, 2.24) is 0 Å². The molecule has 13 heavy (non-hydrogen) atoms. The zero-order valence-electron chi connectivity index (χ0n) is 8.16. The molecule has 0 aromatic rings. The summed E-state index contributed by atoms with van der Waals surface area (Å²) in [5.74, 6) is -0.572. The van der Waals surface area contributed by atoms with Crippen molar-refractivity contribution in [3.05, 3.63) is 0 Å². The van der Waals surface area contributed by atoms with Crippen LogP contribution in [-0.2, 0) is 14.3 Å². The minimum absolute atomic E-state index is 0.102. The van der Waals surface area contributed by atoms with Crippen LogP contribution >= 0.6 is 0 Å². The molecule has 3 nitrogen and oxygen atoms in total. The lowest BCUT2D eigenvalue weighted by Gasteiger charge is -2.43. The summed E-state index contributed by atoms with van der Waals surface area (Å²) in [7, 11) is 0. The van der Waals surface area contributed by atoms with Gasteiger partial charge in [0.05, 0.1) is 11.8 Å². The maximum Gasteiger partial charge on any atom is 0.317 e. The third kappa shape index (κ3) is 1.10. The summed E-state index contributed by atoms with van der Waals surface area (Å²) < 4.78 is 4.60. The van der Waals surface area contributed by atoms with E-state index in [0.29, 0.717) is 5.92 Å².